The predicted octanol–water partition coefficient (Wildman–Crippen LogP) is -1.37. The number of thioether (sulfide) groups is 1. The van der Waals surface area contributed by atoms with Gasteiger partial charge in [-0.3, -0.25) is 66.6 Å². The number of rotatable bonds is 20. The molecule has 28 heteroatoms. The molecule has 9 amide bonds. The highest BCUT2D eigenvalue weighted by Crippen LogP contribution is 2.37. The van der Waals surface area contributed by atoms with Gasteiger partial charge in [-0.05, 0) is 55.1 Å². The summed E-state index contributed by atoms with van der Waals surface area (Å²) in [6.07, 6.45) is -0.0473. The number of ketones is 3. The van der Waals surface area contributed by atoms with E-state index >= 15 is 4.21 Å². The highest BCUT2D eigenvalue weighted by molar-refractivity contribution is 7.98. The summed E-state index contributed by atoms with van der Waals surface area (Å²) in [6, 6.07) is -3.70. The molecular weight excluding hydrogens is 1130 g/mol. The molecule has 11 N–H and O–H groups in total. The lowest BCUT2D eigenvalue weighted by atomic mass is 9.85. The van der Waals surface area contributed by atoms with Crippen LogP contribution in [0.3, 0.4) is 0 Å². The van der Waals surface area contributed by atoms with Crippen LogP contribution in [0, 0.1) is 23.7 Å². The number of H-pyrrole nitrogens is 1. The number of imide groups is 1. The normalized spacial score (nSPS) is 25.5. The Hall–Kier alpha value is -6.88. The third kappa shape index (κ3) is 17.2. The molecule has 1 aromatic heterocycles. The monoisotopic (exact) mass is 1210 g/mol. The number of nitrogens with two attached hydrogens (primary N) is 1. The number of aliphatic hydroxyl groups is 3. The average molecular weight is 1210 g/mol. The number of benzene rings is 1. The molecule has 0 saturated carbocycles. The van der Waals surface area contributed by atoms with Crippen molar-refractivity contribution in [3.05, 3.63) is 35.4 Å². The summed E-state index contributed by atoms with van der Waals surface area (Å²) < 4.78 is 21.1. The molecular formula is C56H77N9O17S2. The summed E-state index contributed by atoms with van der Waals surface area (Å²) in [5.41, 5.74) is 6.66. The molecule has 5 heterocycles. The van der Waals surface area contributed by atoms with E-state index in [-0.39, 0.29) is 53.3 Å². The van der Waals surface area contributed by atoms with Crippen molar-refractivity contribution in [3.8, 4) is 5.75 Å². The number of Topliss-reactive ketones (excluding diaryl/α,β-unsaturated/α-hetero) is 3. The van der Waals surface area contributed by atoms with Gasteiger partial charge in [0.2, 0.25) is 41.4 Å². The summed E-state index contributed by atoms with van der Waals surface area (Å²) in [7, 11) is -0.983. The number of carbonyl (C=O) groups is 12. The molecule has 84 heavy (non-hydrogen) atoms. The van der Waals surface area contributed by atoms with E-state index in [1.165, 1.54) is 37.9 Å². The number of carbonyl (C=O) groups excluding carboxylic acids is 12. The van der Waals surface area contributed by atoms with E-state index < -0.39 is 181 Å². The van der Waals surface area contributed by atoms with Gasteiger partial charge in [0.15, 0.2) is 11.6 Å². The summed E-state index contributed by atoms with van der Waals surface area (Å²) in [5, 5.41) is 44.8. The molecule has 1 saturated heterocycles. The number of fused-ring (bicyclic) bond motifs is 5. The van der Waals surface area contributed by atoms with Gasteiger partial charge < -0.3 is 62.3 Å². The van der Waals surface area contributed by atoms with E-state index in [0.29, 0.717) is 66.5 Å². The fourth-order valence-electron chi connectivity index (χ4n) is 10.8. The van der Waals surface area contributed by atoms with Gasteiger partial charge in [-0.25, -0.2) is 0 Å². The second-order valence-corrected chi connectivity index (χ2v) is 24.4. The van der Waals surface area contributed by atoms with Gasteiger partial charge in [-0.1, -0.05) is 33.6 Å². The van der Waals surface area contributed by atoms with Crippen molar-refractivity contribution in [2.45, 2.75) is 145 Å². The number of aromatic nitrogens is 1. The highest BCUT2D eigenvalue weighted by atomic mass is 32.2. The average Bonchev–Trinajstić information content (AvgIpc) is 3.10. The minimum atomic E-state index is -2.42. The van der Waals surface area contributed by atoms with E-state index in [1.807, 2.05) is 0 Å². The van der Waals surface area contributed by atoms with Crippen molar-refractivity contribution >= 4 is 104 Å². The number of hydrogen-bond acceptors (Lipinski definition) is 18. The molecule has 0 aliphatic carbocycles. The van der Waals surface area contributed by atoms with Crippen LogP contribution >= 0.6 is 11.8 Å². The van der Waals surface area contributed by atoms with E-state index in [2.05, 4.69) is 31.6 Å². The fourth-order valence-corrected chi connectivity index (χ4v) is 13.2. The SMILES string of the molecule is CC[C@H](C)[C@@H]1CC(=O)CNC(=O)[C@H]2CC(=O)[C@H]([C@@H](C)[C@@H](O)CO)NC(=O)[C@@H]3C[C@@H](O)CN3C(=O)[C@H](CC(N)=O)NC(=O)[C@H](CS(=O)c3[nH]c4c(CSCCCC(=O)CCCCCN5C(=O)C=CC5=O)c(OC)ccc4c3C2)NC(=O)CNC1=O. The maximum atomic E-state index is 15.3. The third-order valence-corrected chi connectivity index (χ3v) is 18.4. The van der Waals surface area contributed by atoms with Crippen molar-refractivity contribution in [1.82, 2.24) is 41.4 Å². The van der Waals surface area contributed by atoms with Crippen LogP contribution in [0.25, 0.3) is 10.9 Å². The van der Waals surface area contributed by atoms with Crippen LogP contribution in [0.2, 0.25) is 0 Å². The summed E-state index contributed by atoms with van der Waals surface area (Å²) in [6.45, 7) is 2.36. The highest BCUT2D eigenvalue weighted by Gasteiger charge is 2.45. The summed E-state index contributed by atoms with van der Waals surface area (Å²) in [5.74, 6) is -12.9. The van der Waals surface area contributed by atoms with Crippen molar-refractivity contribution in [3.63, 3.8) is 0 Å². The van der Waals surface area contributed by atoms with Crippen LogP contribution in [-0.4, -0.2) is 193 Å². The maximum absolute atomic E-state index is 15.3. The number of nitrogens with one attached hydrogen (secondary N) is 6. The van der Waals surface area contributed by atoms with Crippen molar-refractivity contribution in [2.75, 3.05) is 51.4 Å². The fraction of sp³-hybridized carbons (Fsp3) is 0.607. The Morgan fingerprint density at radius 1 is 0.869 bits per heavy atom. The smallest absolute Gasteiger partial charge is 0.253 e. The number of aliphatic hydroxyl groups excluding tert-OH is 3. The van der Waals surface area contributed by atoms with Crippen LogP contribution in [0.1, 0.15) is 103 Å². The first kappa shape index (κ1) is 66.3. The van der Waals surface area contributed by atoms with Crippen LogP contribution in [0.4, 0.5) is 0 Å². The number of primary amides is 1. The molecule has 1 aromatic carbocycles. The van der Waals surface area contributed by atoms with Gasteiger partial charge in [0, 0.05) is 91.8 Å². The summed E-state index contributed by atoms with van der Waals surface area (Å²) >= 11 is 1.45. The van der Waals surface area contributed by atoms with Gasteiger partial charge in [-0.15, -0.1) is 0 Å². The van der Waals surface area contributed by atoms with E-state index in [0.717, 1.165) is 9.80 Å². The lowest BCUT2D eigenvalue weighted by Crippen LogP contribution is -2.60. The predicted molar refractivity (Wildman–Crippen MR) is 304 cm³/mol. The number of ether oxygens (including phenoxy) is 1. The number of amides is 9. The Morgan fingerprint density at radius 3 is 2.25 bits per heavy atom. The molecule has 2 aromatic rings. The van der Waals surface area contributed by atoms with Crippen LogP contribution in [0.5, 0.6) is 5.75 Å². The molecule has 0 spiro atoms. The van der Waals surface area contributed by atoms with E-state index in [4.69, 9.17) is 10.5 Å². The first-order valence-corrected chi connectivity index (χ1v) is 30.7. The molecule has 1 fully saturated rings. The largest absolute Gasteiger partial charge is 0.496 e. The molecule has 0 radical (unpaired) electrons. The molecule has 1 unspecified atom stereocenters. The molecule has 4 aliphatic heterocycles. The lowest BCUT2D eigenvalue weighted by Gasteiger charge is -2.32. The van der Waals surface area contributed by atoms with Crippen molar-refractivity contribution < 1.29 is 81.8 Å². The molecule has 6 rings (SSSR count). The quantitative estimate of drug-likeness (QED) is 0.0540. The van der Waals surface area contributed by atoms with E-state index in [1.54, 1.807) is 26.0 Å². The minimum Gasteiger partial charge on any atom is -0.496 e. The Balaban J connectivity index is 1.43. The Morgan fingerprint density at radius 2 is 1.57 bits per heavy atom. The Labute approximate surface area is 492 Å². The minimum absolute atomic E-state index is 0.0411. The first-order valence-electron chi connectivity index (χ1n) is 28.2. The van der Waals surface area contributed by atoms with Gasteiger partial charge in [0.1, 0.15) is 34.7 Å². The second-order valence-electron chi connectivity index (χ2n) is 21.9. The van der Waals surface area contributed by atoms with Crippen LogP contribution < -0.4 is 37.1 Å². The number of aromatic amines is 1. The topological polar surface area (TPSA) is 400 Å². The van der Waals surface area contributed by atoms with Crippen LogP contribution in [0.15, 0.2) is 29.3 Å². The second kappa shape index (κ2) is 30.8. The number of hydrogen-bond donors (Lipinski definition) is 10. The molecule has 460 valence electrons. The lowest BCUT2D eigenvalue weighted by molar-refractivity contribution is -0.144. The third-order valence-electron chi connectivity index (χ3n) is 15.9. The molecule has 2 bridgehead atoms. The maximum Gasteiger partial charge on any atom is 0.253 e. The van der Waals surface area contributed by atoms with Crippen molar-refractivity contribution in [1.29, 1.82) is 0 Å². The van der Waals surface area contributed by atoms with Gasteiger partial charge in [-0.2, -0.15) is 11.8 Å². The number of unbranched alkanes of at least 4 members (excludes halogenated alkanes) is 2. The Bertz CT molecular complexity index is 2900. The Kier molecular flexibility index (Phi) is 24.3. The van der Waals surface area contributed by atoms with Gasteiger partial charge in [0.05, 0.1) is 73.5 Å². The zero-order valence-corrected chi connectivity index (χ0v) is 49.2. The van der Waals surface area contributed by atoms with E-state index in [9.17, 15) is 72.9 Å². The number of nitrogens with zero attached hydrogens (tertiary/aromatic N) is 2. The summed E-state index contributed by atoms with van der Waals surface area (Å²) in [4.78, 5) is 169. The van der Waals surface area contributed by atoms with Crippen LogP contribution in [-0.2, 0) is 80.5 Å². The first-order chi connectivity index (χ1) is 40.0. The van der Waals surface area contributed by atoms with Gasteiger partial charge in [0.25, 0.3) is 11.8 Å². The molecule has 4 aliphatic rings. The molecule has 11 atom stereocenters. The number of methoxy groups -OCH3 is 1. The zero-order valence-electron chi connectivity index (χ0n) is 47.6. The zero-order chi connectivity index (χ0) is 61.5. The molecule has 26 nitrogen and oxygen atoms in total. The van der Waals surface area contributed by atoms with Crippen molar-refractivity contribution in [2.24, 2.45) is 29.4 Å². The standard InChI is InChI=1S/C56H77N9O17S2/c1-5-29(2)36-20-33(68)23-58-51(76)31-18-37-35-12-13-44(82-4)38(27-83-17-9-11-32(67)10-7-6-8-16-64-47(74)14-15-48(64)75)50(35)63-55(37)84(81)28-40(60-46(73)24-59-52(36)77)53(78)61-39(22-45(57)72)56(80)65-25-34(69)21-41(65)54(79)62-49(42(70)19-31)30(3)43(71)26-66/h12-15,29-31,34,36,39-41,43,49,63,66,69,71H,5-11,16-28H2,1-4H3,(H2,57,72)(H,58,76)(H,59,77)(H,60,73)(H,61,78)(H,62,79)/t29-,30-,31+,34+,36-,39-,40-,41-,43-,49-,84?/m0/s1. The van der Waals surface area contributed by atoms with Gasteiger partial charge >= 0.3 is 0 Å².